The largest absolute Gasteiger partial charge is 0.416 e. The van der Waals surface area contributed by atoms with Crippen molar-refractivity contribution in [3.63, 3.8) is 0 Å². The Morgan fingerprint density at radius 3 is 2.26 bits per heavy atom. The Bertz CT molecular complexity index is 261. The highest BCUT2D eigenvalue weighted by atomic mass is 28.4. The molecule has 0 saturated heterocycles. The summed E-state index contributed by atoms with van der Waals surface area (Å²) < 4.78 is 16.6. The van der Waals surface area contributed by atoms with Gasteiger partial charge in [0.25, 0.3) is 0 Å². The van der Waals surface area contributed by atoms with E-state index in [0.717, 1.165) is 6.29 Å². The summed E-state index contributed by atoms with van der Waals surface area (Å²) in [6, 6.07) is 0. The fourth-order valence-corrected chi connectivity index (χ4v) is 2.49. The van der Waals surface area contributed by atoms with Crippen LogP contribution >= 0.6 is 0 Å². The number of aldehydes is 1. The number of methoxy groups -OCH3 is 1. The lowest BCUT2D eigenvalue weighted by Gasteiger charge is -2.37. The summed E-state index contributed by atoms with van der Waals surface area (Å²) in [6.07, 6.45) is 1.14. The number of hydrogen-bond donors (Lipinski definition) is 0. The molecule has 0 radical (unpaired) electrons. The number of carbonyl (C=O) groups is 1. The smallest absolute Gasteiger partial charge is 0.191 e. The minimum Gasteiger partial charge on any atom is -0.416 e. The van der Waals surface area contributed by atoms with Gasteiger partial charge in [0.2, 0.25) is 0 Å². The molecule has 0 rings (SSSR count). The van der Waals surface area contributed by atoms with Crippen molar-refractivity contribution in [1.29, 1.82) is 0 Å². The van der Waals surface area contributed by atoms with Gasteiger partial charge in [-0.2, -0.15) is 0 Å². The monoisotopic (exact) mass is 290 g/mol. The number of rotatable bonds is 9. The van der Waals surface area contributed by atoms with Crippen LogP contribution in [-0.2, 0) is 18.7 Å². The summed E-state index contributed by atoms with van der Waals surface area (Å²) in [5.74, 6) is 0.175. The van der Waals surface area contributed by atoms with Crippen LogP contribution in [0.15, 0.2) is 0 Å². The van der Waals surface area contributed by atoms with E-state index >= 15 is 0 Å². The van der Waals surface area contributed by atoms with Crippen molar-refractivity contribution in [2.24, 2.45) is 5.92 Å². The number of ether oxygens (including phenoxy) is 2. The van der Waals surface area contributed by atoms with E-state index in [2.05, 4.69) is 40.8 Å². The van der Waals surface area contributed by atoms with Crippen LogP contribution in [0.3, 0.4) is 0 Å². The van der Waals surface area contributed by atoms with E-state index in [1.54, 1.807) is 7.11 Å². The molecule has 4 nitrogen and oxygen atoms in total. The van der Waals surface area contributed by atoms with Gasteiger partial charge in [0.1, 0.15) is 13.1 Å². The van der Waals surface area contributed by atoms with Crippen molar-refractivity contribution in [3.8, 4) is 0 Å². The van der Waals surface area contributed by atoms with Gasteiger partial charge in [-0.3, -0.25) is 0 Å². The standard InChI is InChI=1S/C14H30O4Si/c1-12(13(8-9-15)17-11-16-5)10-18-19(6,7)14(2,3)4/h9,12-13H,8,10-11H2,1-7H3/t12-,13+/m1/s1. The summed E-state index contributed by atoms with van der Waals surface area (Å²) in [5, 5.41) is 0.195. The van der Waals surface area contributed by atoms with Gasteiger partial charge in [-0.15, -0.1) is 0 Å². The third-order valence-electron chi connectivity index (χ3n) is 3.88. The summed E-state index contributed by atoms with van der Waals surface area (Å²) >= 11 is 0. The Morgan fingerprint density at radius 2 is 1.84 bits per heavy atom. The van der Waals surface area contributed by atoms with Crippen LogP contribution in [0.4, 0.5) is 0 Å². The minimum atomic E-state index is -1.74. The van der Waals surface area contributed by atoms with Gasteiger partial charge in [0.05, 0.1) is 6.10 Å². The third kappa shape index (κ3) is 6.65. The van der Waals surface area contributed by atoms with Gasteiger partial charge >= 0.3 is 0 Å². The molecule has 0 aliphatic rings. The quantitative estimate of drug-likeness (QED) is 0.371. The molecular weight excluding hydrogens is 260 g/mol. The highest BCUT2D eigenvalue weighted by Crippen LogP contribution is 2.36. The van der Waals surface area contributed by atoms with Crippen molar-refractivity contribution in [2.45, 2.75) is 58.4 Å². The second-order valence-corrected chi connectivity index (χ2v) is 11.4. The van der Waals surface area contributed by atoms with Crippen LogP contribution in [0, 0.1) is 5.92 Å². The lowest BCUT2D eigenvalue weighted by atomic mass is 10.0. The molecule has 2 atom stereocenters. The summed E-state index contributed by atoms with van der Waals surface area (Å²) in [6.45, 7) is 14.0. The van der Waals surface area contributed by atoms with Crippen LogP contribution < -0.4 is 0 Å². The predicted molar refractivity (Wildman–Crippen MR) is 79.7 cm³/mol. The molecule has 0 spiro atoms. The van der Waals surface area contributed by atoms with Gasteiger partial charge in [0, 0.05) is 26.1 Å². The highest BCUT2D eigenvalue weighted by Gasteiger charge is 2.37. The topological polar surface area (TPSA) is 44.8 Å². The van der Waals surface area contributed by atoms with E-state index in [-0.39, 0.29) is 23.9 Å². The number of hydrogen-bond acceptors (Lipinski definition) is 4. The molecule has 0 saturated carbocycles. The second kappa shape index (κ2) is 8.14. The Labute approximate surface area is 118 Å². The van der Waals surface area contributed by atoms with Gasteiger partial charge in [0.15, 0.2) is 8.32 Å². The molecule has 0 aliphatic heterocycles. The zero-order chi connectivity index (χ0) is 15.1. The predicted octanol–water partition coefficient (Wildman–Crippen LogP) is 3.22. The van der Waals surface area contributed by atoms with Crippen LogP contribution in [-0.4, -0.2) is 41.2 Å². The fourth-order valence-electron chi connectivity index (χ4n) is 1.38. The third-order valence-corrected chi connectivity index (χ3v) is 8.38. The molecule has 5 heteroatoms. The zero-order valence-electron chi connectivity index (χ0n) is 13.5. The van der Waals surface area contributed by atoms with Gasteiger partial charge < -0.3 is 18.7 Å². The molecule has 0 aromatic heterocycles. The first-order valence-electron chi connectivity index (χ1n) is 6.84. The Hall–Kier alpha value is -0.233. The highest BCUT2D eigenvalue weighted by molar-refractivity contribution is 6.74. The Balaban J connectivity index is 4.39. The van der Waals surface area contributed by atoms with Gasteiger partial charge in [-0.05, 0) is 18.1 Å². The first-order valence-corrected chi connectivity index (χ1v) is 9.74. The van der Waals surface area contributed by atoms with Crippen molar-refractivity contribution < 1.29 is 18.7 Å². The van der Waals surface area contributed by atoms with Crippen molar-refractivity contribution >= 4 is 14.6 Å². The zero-order valence-corrected chi connectivity index (χ0v) is 14.5. The lowest BCUT2D eigenvalue weighted by molar-refractivity contribution is -0.120. The summed E-state index contributed by atoms with van der Waals surface area (Å²) in [5.41, 5.74) is 0. The van der Waals surface area contributed by atoms with E-state index in [1.807, 2.05) is 0 Å². The number of carbonyl (C=O) groups excluding carboxylic acids is 1. The molecular formula is C14H30O4Si. The van der Waals surface area contributed by atoms with Crippen LogP contribution in [0.1, 0.15) is 34.1 Å². The molecule has 0 N–H and O–H groups in total. The SMILES string of the molecule is COCO[C@@H](CC=O)[C@H](C)CO[Si](C)(C)C(C)(C)C. The lowest BCUT2D eigenvalue weighted by Crippen LogP contribution is -2.43. The Kier molecular flexibility index (Phi) is 8.04. The maximum Gasteiger partial charge on any atom is 0.191 e. The van der Waals surface area contributed by atoms with Crippen molar-refractivity contribution in [3.05, 3.63) is 0 Å². The van der Waals surface area contributed by atoms with E-state index in [4.69, 9.17) is 13.9 Å². The molecule has 114 valence electrons. The molecule has 0 unspecified atom stereocenters. The average Bonchev–Trinajstić information content (AvgIpc) is 2.30. The normalized spacial score (nSPS) is 16.2. The summed E-state index contributed by atoms with van der Waals surface area (Å²) in [4.78, 5) is 10.7. The van der Waals surface area contributed by atoms with E-state index in [0.29, 0.717) is 13.0 Å². The molecule has 0 amide bonds. The van der Waals surface area contributed by atoms with Crippen LogP contribution in [0.2, 0.25) is 18.1 Å². The first kappa shape index (κ1) is 18.8. The molecule has 0 aliphatic carbocycles. The van der Waals surface area contributed by atoms with Crippen molar-refractivity contribution in [1.82, 2.24) is 0 Å². The van der Waals surface area contributed by atoms with Gasteiger partial charge in [-0.1, -0.05) is 27.7 Å². The molecule has 0 aromatic rings. The van der Waals surface area contributed by atoms with Crippen LogP contribution in [0.5, 0.6) is 0 Å². The summed E-state index contributed by atoms with van der Waals surface area (Å²) in [7, 11) is -0.165. The average molecular weight is 290 g/mol. The van der Waals surface area contributed by atoms with Crippen LogP contribution in [0.25, 0.3) is 0 Å². The first-order chi connectivity index (χ1) is 8.65. The maximum absolute atomic E-state index is 10.7. The Morgan fingerprint density at radius 1 is 1.26 bits per heavy atom. The maximum atomic E-state index is 10.7. The molecule has 0 heterocycles. The molecule has 0 aromatic carbocycles. The van der Waals surface area contributed by atoms with E-state index in [9.17, 15) is 4.79 Å². The van der Waals surface area contributed by atoms with E-state index in [1.165, 1.54) is 0 Å². The van der Waals surface area contributed by atoms with E-state index < -0.39 is 8.32 Å². The second-order valence-electron chi connectivity index (χ2n) is 6.56. The molecule has 0 fully saturated rings. The fraction of sp³-hybridized carbons (Fsp3) is 0.929. The molecule has 19 heavy (non-hydrogen) atoms. The van der Waals surface area contributed by atoms with Crippen molar-refractivity contribution in [2.75, 3.05) is 20.5 Å². The molecule has 0 bridgehead atoms. The van der Waals surface area contributed by atoms with Gasteiger partial charge in [-0.25, -0.2) is 0 Å². The minimum absolute atomic E-state index is 0.137.